The first kappa shape index (κ1) is 23.8. The van der Waals surface area contributed by atoms with Crippen molar-refractivity contribution in [2.24, 2.45) is 0 Å². The molecule has 166 valence electrons. The first-order valence-electron chi connectivity index (χ1n) is 10.1. The number of carbonyl (C=O) groups is 2. The Morgan fingerprint density at radius 1 is 1.00 bits per heavy atom. The first-order valence-corrected chi connectivity index (χ1v) is 11.3. The molecule has 0 heterocycles. The van der Waals surface area contributed by atoms with Crippen LogP contribution in [0.4, 0.5) is 0 Å². The van der Waals surface area contributed by atoms with Crippen molar-refractivity contribution in [3.8, 4) is 5.75 Å². The number of nitrogens with zero attached hydrogens (tertiary/aromatic N) is 1. The zero-order chi connectivity index (χ0) is 22.9. The van der Waals surface area contributed by atoms with Crippen LogP contribution in [0.2, 0.25) is 5.02 Å². The van der Waals surface area contributed by atoms with Gasteiger partial charge >= 0.3 is 0 Å². The second-order valence-electron chi connectivity index (χ2n) is 7.21. The highest BCUT2D eigenvalue weighted by Crippen LogP contribution is 2.19. The normalized spacial score (nSPS) is 11.5. The van der Waals surface area contributed by atoms with Crippen molar-refractivity contribution in [3.63, 3.8) is 0 Å². The van der Waals surface area contributed by atoms with E-state index in [0.29, 0.717) is 17.2 Å². The van der Waals surface area contributed by atoms with Gasteiger partial charge in [0.2, 0.25) is 5.91 Å². The number of benzene rings is 3. The Kier molecular flexibility index (Phi) is 8.71. The van der Waals surface area contributed by atoms with Crippen molar-refractivity contribution in [2.45, 2.75) is 19.0 Å². The molecule has 2 amide bonds. The summed E-state index contributed by atoms with van der Waals surface area (Å²) in [4.78, 5) is 27.7. The summed E-state index contributed by atoms with van der Waals surface area (Å²) >= 11 is 9.53. The first-order chi connectivity index (χ1) is 15.5. The van der Waals surface area contributed by atoms with Crippen molar-refractivity contribution in [2.75, 3.05) is 13.7 Å². The van der Waals surface area contributed by atoms with Crippen LogP contribution in [0.1, 0.15) is 11.1 Å². The Balaban J connectivity index is 1.86. The van der Waals surface area contributed by atoms with E-state index in [-0.39, 0.29) is 25.0 Å². The molecule has 1 N–H and O–H groups in total. The molecule has 0 bridgehead atoms. The Morgan fingerprint density at radius 2 is 1.69 bits per heavy atom. The summed E-state index contributed by atoms with van der Waals surface area (Å²) in [6.07, 6.45) is 0.380. The maximum absolute atomic E-state index is 13.3. The van der Waals surface area contributed by atoms with Gasteiger partial charge in [0.15, 0.2) is 6.61 Å². The van der Waals surface area contributed by atoms with Crippen LogP contribution in [-0.2, 0) is 22.6 Å². The smallest absolute Gasteiger partial charge is 0.261 e. The number of halogens is 2. The van der Waals surface area contributed by atoms with E-state index in [1.54, 1.807) is 36.2 Å². The highest BCUT2D eigenvalue weighted by molar-refractivity contribution is 9.10. The molecule has 0 aliphatic heterocycles. The van der Waals surface area contributed by atoms with Gasteiger partial charge < -0.3 is 15.0 Å². The average Bonchev–Trinajstić information content (AvgIpc) is 2.81. The van der Waals surface area contributed by atoms with Gasteiger partial charge in [-0.1, -0.05) is 70.0 Å². The third-order valence-electron chi connectivity index (χ3n) is 4.94. The highest BCUT2D eigenvalue weighted by Gasteiger charge is 2.30. The molecule has 32 heavy (non-hydrogen) atoms. The monoisotopic (exact) mass is 514 g/mol. The topological polar surface area (TPSA) is 58.6 Å². The molecule has 7 heteroatoms. The summed E-state index contributed by atoms with van der Waals surface area (Å²) in [5.74, 6) is 0.0362. The summed E-state index contributed by atoms with van der Waals surface area (Å²) in [5, 5.41) is 3.26. The van der Waals surface area contributed by atoms with Crippen LogP contribution in [0.3, 0.4) is 0 Å². The van der Waals surface area contributed by atoms with Gasteiger partial charge in [-0.3, -0.25) is 9.59 Å². The molecular weight excluding hydrogens is 492 g/mol. The van der Waals surface area contributed by atoms with Gasteiger partial charge in [-0.25, -0.2) is 0 Å². The number of ether oxygens (including phenoxy) is 1. The van der Waals surface area contributed by atoms with Crippen LogP contribution in [0.5, 0.6) is 5.75 Å². The van der Waals surface area contributed by atoms with Crippen molar-refractivity contribution in [1.29, 1.82) is 0 Å². The third-order valence-corrected chi connectivity index (χ3v) is 5.70. The minimum absolute atomic E-state index is 0.190. The zero-order valence-corrected chi connectivity index (χ0v) is 20.0. The molecule has 0 unspecified atom stereocenters. The molecule has 0 radical (unpaired) electrons. The number of carbonyl (C=O) groups excluding carboxylic acids is 2. The Bertz CT molecular complexity index is 1040. The maximum Gasteiger partial charge on any atom is 0.261 e. The predicted molar refractivity (Wildman–Crippen MR) is 130 cm³/mol. The van der Waals surface area contributed by atoms with Crippen LogP contribution in [0.25, 0.3) is 0 Å². The lowest BCUT2D eigenvalue weighted by molar-refractivity contribution is -0.142. The quantitative estimate of drug-likeness (QED) is 0.442. The van der Waals surface area contributed by atoms with Gasteiger partial charge in [0.1, 0.15) is 11.8 Å². The van der Waals surface area contributed by atoms with Crippen LogP contribution in [0.15, 0.2) is 83.3 Å². The lowest BCUT2D eigenvalue weighted by Crippen LogP contribution is -2.51. The fourth-order valence-corrected chi connectivity index (χ4v) is 3.79. The number of nitrogens with one attached hydrogen (secondary N) is 1. The van der Waals surface area contributed by atoms with Gasteiger partial charge in [0, 0.05) is 29.5 Å². The fourth-order valence-electron chi connectivity index (χ4n) is 3.31. The minimum Gasteiger partial charge on any atom is -0.484 e. The van der Waals surface area contributed by atoms with Gasteiger partial charge in [-0.2, -0.15) is 0 Å². The summed E-state index contributed by atoms with van der Waals surface area (Å²) < 4.78 is 6.63. The maximum atomic E-state index is 13.3. The summed E-state index contributed by atoms with van der Waals surface area (Å²) in [6.45, 7) is 0.0402. The Morgan fingerprint density at radius 3 is 2.34 bits per heavy atom. The summed E-state index contributed by atoms with van der Waals surface area (Å²) in [5.41, 5.74) is 1.79. The number of hydrogen-bond acceptors (Lipinski definition) is 3. The van der Waals surface area contributed by atoms with E-state index in [9.17, 15) is 9.59 Å². The lowest BCUT2D eigenvalue weighted by atomic mass is 10.0. The molecule has 0 saturated heterocycles. The van der Waals surface area contributed by atoms with E-state index < -0.39 is 6.04 Å². The molecule has 0 spiro atoms. The van der Waals surface area contributed by atoms with Crippen LogP contribution < -0.4 is 10.1 Å². The van der Waals surface area contributed by atoms with Gasteiger partial charge in [-0.05, 0) is 47.5 Å². The van der Waals surface area contributed by atoms with Gasteiger partial charge in [0.05, 0.1) is 0 Å². The standard InChI is InChI=1S/C25H24BrClN2O3/c1-28-25(31)23(15-18-6-3-2-4-7-18)29(16-19-8-5-9-21(27)14-19)24(30)17-32-22-12-10-20(26)11-13-22/h2-14,23H,15-17H2,1H3,(H,28,31)/t23-/m0/s1. The van der Waals surface area contributed by atoms with E-state index in [0.717, 1.165) is 15.6 Å². The molecule has 5 nitrogen and oxygen atoms in total. The molecular formula is C25H24BrClN2O3. The molecule has 1 atom stereocenters. The lowest BCUT2D eigenvalue weighted by Gasteiger charge is -2.31. The van der Waals surface area contributed by atoms with Crippen molar-refractivity contribution >= 4 is 39.3 Å². The van der Waals surface area contributed by atoms with Crippen molar-refractivity contribution in [3.05, 3.63) is 99.5 Å². The van der Waals surface area contributed by atoms with Crippen molar-refractivity contribution < 1.29 is 14.3 Å². The van der Waals surface area contributed by atoms with Crippen LogP contribution >= 0.6 is 27.5 Å². The fraction of sp³-hybridized carbons (Fsp3) is 0.200. The molecule has 3 rings (SSSR count). The summed E-state index contributed by atoms with van der Waals surface area (Å²) in [6, 6.07) is 23.4. The molecule has 3 aromatic rings. The van der Waals surface area contributed by atoms with E-state index in [1.165, 1.54) is 0 Å². The number of rotatable bonds is 9. The third kappa shape index (κ3) is 6.84. The van der Waals surface area contributed by atoms with Crippen LogP contribution in [-0.4, -0.2) is 36.4 Å². The molecule has 0 saturated carbocycles. The van der Waals surface area contributed by atoms with E-state index >= 15 is 0 Å². The number of likely N-dealkylation sites (N-methyl/N-ethyl adjacent to an activating group) is 1. The molecule has 0 fully saturated rings. The number of amides is 2. The predicted octanol–water partition coefficient (Wildman–Crippen LogP) is 4.87. The second-order valence-corrected chi connectivity index (χ2v) is 8.57. The van der Waals surface area contributed by atoms with Crippen LogP contribution in [0, 0.1) is 0 Å². The van der Waals surface area contributed by atoms with E-state index in [4.69, 9.17) is 16.3 Å². The molecule has 0 aliphatic rings. The van der Waals surface area contributed by atoms with E-state index in [1.807, 2.05) is 54.6 Å². The van der Waals surface area contributed by atoms with Gasteiger partial charge in [-0.15, -0.1) is 0 Å². The molecule has 0 aliphatic carbocycles. The number of hydrogen-bond donors (Lipinski definition) is 1. The molecule has 3 aromatic carbocycles. The SMILES string of the molecule is CNC(=O)[C@H](Cc1ccccc1)N(Cc1cccc(Cl)c1)C(=O)COc1ccc(Br)cc1. The highest BCUT2D eigenvalue weighted by atomic mass is 79.9. The second kappa shape index (κ2) is 11.7. The average molecular weight is 516 g/mol. The molecule has 0 aromatic heterocycles. The largest absolute Gasteiger partial charge is 0.484 e. The van der Waals surface area contributed by atoms with Crippen molar-refractivity contribution in [1.82, 2.24) is 10.2 Å². The van der Waals surface area contributed by atoms with E-state index in [2.05, 4.69) is 21.2 Å². The summed E-state index contributed by atoms with van der Waals surface area (Å²) in [7, 11) is 1.57. The Hall–Kier alpha value is -2.83. The Labute approximate surface area is 201 Å². The minimum atomic E-state index is -0.706. The van der Waals surface area contributed by atoms with Gasteiger partial charge in [0.25, 0.3) is 5.91 Å². The zero-order valence-electron chi connectivity index (χ0n) is 17.6.